The fraction of sp³-hybridized carbons (Fsp3) is 0.292. The zero-order valence-corrected chi connectivity index (χ0v) is 18.7. The van der Waals surface area contributed by atoms with E-state index in [4.69, 9.17) is 4.74 Å². The Hall–Kier alpha value is -3.26. The molecule has 2 aliphatic heterocycles. The van der Waals surface area contributed by atoms with Gasteiger partial charge in [0, 0.05) is 37.4 Å². The summed E-state index contributed by atoms with van der Waals surface area (Å²) in [5, 5.41) is -0.425. The number of carbonyl (C=O) groups excluding carboxylic acids is 3. The van der Waals surface area contributed by atoms with Crippen molar-refractivity contribution >= 4 is 40.6 Å². The molecule has 166 valence electrons. The van der Waals surface area contributed by atoms with E-state index in [9.17, 15) is 14.4 Å². The van der Waals surface area contributed by atoms with Crippen LogP contribution in [-0.4, -0.2) is 66.2 Å². The summed E-state index contributed by atoms with van der Waals surface area (Å²) in [4.78, 5) is 43.4. The summed E-state index contributed by atoms with van der Waals surface area (Å²) in [5.41, 5.74) is 1.85. The van der Waals surface area contributed by atoms with E-state index in [1.54, 1.807) is 11.0 Å². The van der Waals surface area contributed by atoms with Crippen molar-refractivity contribution in [3.8, 4) is 5.75 Å². The second kappa shape index (κ2) is 9.91. The highest BCUT2D eigenvalue weighted by Gasteiger charge is 2.37. The maximum Gasteiger partial charge on any atom is 0.294 e. The molecule has 2 aliphatic rings. The minimum atomic E-state index is -0.442. The number of anilines is 1. The van der Waals surface area contributed by atoms with Gasteiger partial charge in [0.25, 0.3) is 11.1 Å². The third-order valence-corrected chi connectivity index (χ3v) is 6.33. The van der Waals surface area contributed by atoms with Crippen LogP contribution < -0.4 is 9.64 Å². The molecular formula is C24H25N3O4S. The summed E-state index contributed by atoms with van der Waals surface area (Å²) in [5.74, 6) is -0.00675. The highest BCUT2D eigenvalue weighted by atomic mass is 32.2. The van der Waals surface area contributed by atoms with E-state index >= 15 is 0 Å². The molecule has 32 heavy (non-hydrogen) atoms. The Morgan fingerprint density at radius 3 is 2.41 bits per heavy atom. The molecule has 0 aromatic heterocycles. The first-order valence-corrected chi connectivity index (χ1v) is 11.4. The second-order valence-electron chi connectivity index (χ2n) is 7.44. The normalized spacial score (nSPS) is 17.9. The van der Waals surface area contributed by atoms with Crippen molar-refractivity contribution in [3.63, 3.8) is 0 Å². The molecule has 0 radical (unpaired) electrons. The number of hydrogen-bond acceptors (Lipinski definition) is 6. The van der Waals surface area contributed by atoms with Crippen molar-refractivity contribution in [2.24, 2.45) is 0 Å². The van der Waals surface area contributed by atoms with E-state index < -0.39 is 11.1 Å². The summed E-state index contributed by atoms with van der Waals surface area (Å²) < 4.78 is 5.59. The maximum absolute atomic E-state index is 12.8. The Morgan fingerprint density at radius 2 is 1.69 bits per heavy atom. The third kappa shape index (κ3) is 4.80. The van der Waals surface area contributed by atoms with Gasteiger partial charge in [-0.1, -0.05) is 36.4 Å². The Bertz CT molecular complexity index is 1030. The number of imide groups is 1. The fourth-order valence-electron chi connectivity index (χ4n) is 3.75. The van der Waals surface area contributed by atoms with Crippen molar-refractivity contribution < 1.29 is 19.1 Å². The fourth-order valence-corrected chi connectivity index (χ4v) is 4.58. The van der Waals surface area contributed by atoms with Gasteiger partial charge in [0.2, 0.25) is 5.91 Å². The summed E-state index contributed by atoms with van der Waals surface area (Å²) in [7, 11) is 0. The SMILES string of the molecule is CCOc1ccccc1/C=C1/SC(=O)N(CC(=O)N2CCN(c3ccccc3)CC2)C1=O. The number of ether oxygens (including phenoxy) is 1. The van der Waals surface area contributed by atoms with Crippen LogP contribution in [-0.2, 0) is 9.59 Å². The number of benzene rings is 2. The lowest BCUT2D eigenvalue weighted by molar-refractivity contribution is -0.136. The average Bonchev–Trinajstić information content (AvgIpc) is 3.08. The second-order valence-corrected chi connectivity index (χ2v) is 8.44. The molecule has 2 aromatic rings. The van der Waals surface area contributed by atoms with Crippen molar-refractivity contribution in [3.05, 3.63) is 65.1 Å². The van der Waals surface area contributed by atoms with Gasteiger partial charge in [-0.2, -0.15) is 0 Å². The van der Waals surface area contributed by atoms with Gasteiger partial charge in [0.05, 0.1) is 11.5 Å². The first kappa shape index (κ1) is 22.0. The summed E-state index contributed by atoms with van der Waals surface area (Å²) in [6.45, 7) is 4.69. The molecule has 0 aliphatic carbocycles. The molecule has 0 N–H and O–H groups in total. The van der Waals surface area contributed by atoms with Gasteiger partial charge < -0.3 is 14.5 Å². The van der Waals surface area contributed by atoms with Gasteiger partial charge in [-0.05, 0) is 43.0 Å². The number of nitrogens with zero attached hydrogens (tertiary/aromatic N) is 3. The van der Waals surface area contributed by atoms with Crippen molar-refractivity contribution in [1.29, 1.82) is 0 Å². The Morgan fingerprint density at radius 1 is 1.00 bits per heavy atom. The van der Waals surface area contributed by atoms with Crippen LogP contribution in [0.2, 0.25) is 0 Å². The predicted molar refractivity (Wildman–Crippen MR) is 126 cm³/mol. The van der Waals surface area contributed by atoms with Gasteiger partial charge >= 0.3 is 0 Å². The van der Waals surface area contributed by atoms with E-state index in [-0.39, 0.29) is 12.5 Å². The minimum absolute atomic E-state index is 0.212. The van der Waals surface area contributed by atoms with Crippen LogP contribution in [0.5, 0.6) is 5.75 Å². The van der Waals surface area contributed by atoms with E-state index in [1.807, 2.05) is 61.5 Å². The molecule has 2 heterocycles. The van der Waals surface area contributed by atoms with Crippen LogP contribution >= 0.6 is 11.8 Å². The number of thioether (sulfide) groups is 1. The number of hydrogen-bond donors (Lipinski definition) is 0. The van der Waals surface area contributed by atoms with Gasteiger partial charge in [0.1, 0.15) is 12.3 Å². The molecule has 0 unspecified atom stereocenters. The van der Waals surface area contributed by atoms with E-state index in [0.717, 1.165) is 27.9 Å². The average molecular weight is 452 g/mol. The van der Waals surface area contributed by atoms with Crippen LogP contribution in [0, 0.1) is 0 Å². The number of amides is 3. The monoisotopic (exact) mass is 451 g/mol. The zero-order chi connectivity index (χ0) is 22.5. The van der Waals surface area contributed by atoms with Gasteiger partial charge in [0.15, 0.2) is 0 Å². The van der Waals surface area contributed by atoms with Crippen LogP contribution in [0.3, 0.4) is 0 Å². The molecule has 0 spiro atoms. The molecule has 7 nitrogen and oxygen atoms in total. The van der Waals surface area contributed by atoms with Crippen LogP contribution in [0.25, 0.3) is 6.08 Å². The lowest BCUT2D eigenvalue weighted by Crippen LogP contribution is -2.51. The van der Waals surface area contributed by atoms with E-state index in [2.05, 4.69) is 4.90 Å². The highest BCUT2D eigenvalue weighted by molar-refractivity contribution is 8.18. The van der Waals surface area contributed by atoms with Crippen LogP contribution in [0.4, 0.5) is 10.5 Å². The van der Waals surface area contributed by atoms with Crippen molar-refractivity contribution in [1.82, 2.24) is 9.80 Å². The molecule has 4 rings (SSSR count). The predicted octanol–water partition coefficient (Wildman–Crippen LogP) is 3.47. The first-order chi connectivity index (χ1) is 15.6. The zero-order valence-electron chi connectivity index (χ0n) is 17.9. The molecule has 8 heteroatoms. The minimum Gasteiger partial charge on any atom is -0.493 e. The number of piperazine rings is 1. The van der Waals surface area contributed by atoms with Crippen LogP contribution in [0.1, 0.15) is 12.5 Å². The first-order valence-electron chi connectivity index (χ1n) is 10.6. The third-order valence-electron chi connectivity index (χ3n) is 5.43. The largest absolute Gasteiger partial charge is 0.493 e. The number of rotatable bonds is 6. The molecule has 2 saturated heterocycles. The van der Waals surface area contributed by atoms with Gasteiger partial charge in [-0.25, -0.2) is 0 Å². The Balaban J connectivity index is 1.38. The lowest BCUT2D eigenvalue weighted by Gasteiger charge is -2.36. The Kier molecular flexibility index (Phi) is 6.80. The molecule has 0 atom stereocenters. The highest BCUT2D eigenvalue weighted by Crippen LogP contribution is 2.34. The summed E-state index contributed by atoms with van der Waals surface area (Å²) in [6, 6.07) is 17.4. The van der Waals surface area contributed by atoms with Crippen molar-refractivity contribution in [2.45, 2.75) is 6.92 Å². The van der Waals surface area contributed by atoms with E-state index in [1.165, 1.54) is 0 Å². The molecule has 0 bridgehead atoms. The smallest absolute Gasteiger partial charge is 0.294 e. The molecule has 0 saturated carbocycles. The van der Waals surface area contributed by atoms with Gasteiger partial charge in [-0.3, -0.25) is 19.3 Å². The molecule has 2 aromatic carbocycles. The van der Waals surface area contributed by atoms with Crippen LogP contribution in [0.15, 0.2) is 59.5 Å². The summed E-state index contributed by atoms with van der Waals surface area (Å²) in [6.07, 6.45) is 1.65. The molecular weight excluding hydrogens is 426 g/mol. The molecule has 3 amide bonds. The topological polar surface area (TPSA) is 70.2 Å². The molecule has 2 fully saturated rings. The Labute approximate surface area is 191 Å². The maximum atomic E-state index is 12.8. The standard InChI is InChI=1S/C24H25N3O4S/c1-2-31-20-11-7-6-8-18(20)16-21-23(29)27(24(30)32-21)17-22(28)26-14-12-25(13-15-26)19-9-4-3-5-10-19/h3-11,16H,2,12-15,17H2,1H3/b21-16+. The van der Waals surface area contributed by atoms with E-state index in [0.29, 0.717) is 43.4 Å². The van der Waals surface area contributed by atoms with Crippen molar-refractivity contribution in [2.75, 3.05) is 44.2 Å². The van der Waals surface area contributed by atoms with Gasteiger partial charge in [-0.15, -0.1) is 0 Å². The number of carbonyl (C=O) groups is 3. The lowest BCUT2D eigenvalue weighted by atomic mass is 10.2. The summed E-state index contributed by atoms with van der Waals surface area (Å²) >= 11 is 0.854. The number of para-hydroxylation sites is 2. The quantitative estimate of drug-likeness (QED) is 0.627.